The van der Waals surface area contributed by atoms with Crippen molar-refractivity contribution in [3.63, 3.8) is 0 Å². The number of piperazine rings is 1. The molecule has 0 radical (unpaired) electrons. The number of hydrogen-bond acceptors (Lipinski definition) is 3. The molecule has 1 N–H and O–H groups in total. The lowest BCUT2D eigenvalue weighted by Crippen LogP contribution is -2.54. The maximum Gasteiger partial charge on any atom is 0.298 e. The number of rotatable bonds is 0. The molecule has 0 unspecified atom stereocenters. The Morgan fingerprint density at radius 1 is 1.06 bits per heavy atom. The number of nitrogens with zero attached hydrogens (tertiary/aromatic N) is 2. The molecule has 1 fully saturated rings. The Morgan fingerprint density at radius 3 is 1.94 bits per heavy atom. The summed E-state index contributed by atoms with van der Waals surface area (Å²) in [5, 5.41) is 9.46. The normalized spacial score (nSPS) is 18.2. The molecule has 0 aromatic rings. The molecular formula is C14H24N2O2. The third kappa shape index (κ3) is 4.67. The topological polar surface area (TPSA) is 43.8 Å². The summed E-state index contributed by atoms with van der Waals surface area (Å²) in [5.74, 6) is 4.89. The van der Waals surface area contributed by atoms with Crippen LogP contribution >= 0.6 is 0 Å². The molecule has 0 bridgehead atoms. The van der Waals surface area contributed by atoms with Crippen molar-refractivity contribution >= 4 is 5.91 Å². The Bertz CT molecular complexity index is 358. The molecule has 18 heavy (non-hydrogen) atoms. The zero-order valence-electron chi connectivity index (χ0n) is 12.1. The minimum absolute atomic E-state index is 0.147. The van der Waals surface area contributed by atoms with Crippen LogP contribution in [-0.4, -0.2) is 58.1 Å². The van der Waals surface area contributed by atoms with Gasteiger partial charge < -0.3 is 10.0 Å². The molecule has 0 aromatic heterocycles. The number of amides is 1. The first-order chi connectivity index (χ1) is 8.09. The standard InChI is InChI=1S/C14H24N2O2/c1-13(2,3)16-10-8-15(9-11-16)12(17)6-7-14(4,5)18/h18H,8-11H2,1-5H3. The summed E-state index contributed by atoms with van der Waals surface area (Å²) in [6.07, 6.45) is 0. The van der Waals surface area contributed by atoms with Crippen molar-refractivity contribution in [2.75, 3.05) is 26.2 Å². The maximum atomic E-state index is 11.8. The van der Waals surface area contributed by atoms with Gasteiger partial charge in [0.25, 0.3) is 5.91 Å². The quantitative estimate of drug-likeness (QED) is 0.646. The fourth-order valence-corrected chi connectivity index (χ4v) is 1.87. The summed E-state index contributed by atoms with van der Waals surface area (Å²) in [5.41, 5.74) is -0.962. The molecule has 0 aliphatic carbocycles. The van der Waals surface area contributed by atoms with Gasteiger partial charge in [-0.05, 0) is 40.5 Å². The molecule has 1 aliphatic rings. The zero-order chi connectivity index (χ0) is 14.0. The lowest BCUT2D eigenvalue weighted by molar-refractivity contribution is -0.127. The SMILES string of the molecule is CC(C)(O)C#CC(=O)N1CCN(C(C)(C)C)CC1. The summed E-state index contributed by atoms with van der Waals surface area (Å²) in [6, 6.07) is 0. The van der Waals surface area contributed by atoms with E-state index in [0.29, 0.717) is 13.1 Å². The first kappa shape index (κ1) is 15.0. The van der Waals surface area contributed by atoms with Gasteiger partial charge in [0, 0.05) is 31.7 Å². The minimum atomic E-state index is -1.11. The average molecular weight is 252 g/mol. The van der Waals surface area contributed by atoms with Gasteiger partial charge in [0.15, 0.2) is 0 Å². The fourth-order valence-electron chi connectivity index (χ4n) is 1.87. The number of aliphatic hydroxyl groups is 1. The van der Waals surface area contributed by atoms with Crippen LogP contribution in [0.25, 0.3) is 0 Å². The van der Waals surface area contributed by atoms with Crippen molar-refractivity contribution < 1.29 is 9.90 Å². The monoisotopic (exact) mass is 252 g/mol. The lowest BCUT2D eigenvalue weighted by Gasteiger charge is -2.41. The van der Waals surface area contributed by atoms with Crippen LogP contribution in [-0.2, 0) is 4.79 Å². The van der Waals surface area contributed by atoms with Crippen LogP contribution in [0, 0.1) is 11.8 Å². The average Bonchev–Trinajstić information content (AvgIpc) is 2.24. The predicted molar refractivity (Wildman–Crippen MR) is 72.0 cm³/mol. The van der Waals surface area contributed by atoms with E-state index in [1.165, 1.54) is 0 Å². The second-order valence-electron chi connectivity index (χ2n) is 6.26. The van der Waals surface area contributed by atoms with E-state index in [1.807, 2.05) is 0 Å². The van der Waals surface area contributed by atoms with Gasteiger partial charge in [-0.1, -0.05) is 5.92 Å². The highest BCUT2D eigenvalue weighted by Crippen LogP contribution is 2.15. The van der Waals surface area contributed by atoms with Crippen molar-refractivity contribution in [3.8, 4) is 11.8 Å². The fraction of sp³-hybridized carbons (Fsp3) is 0.786. The van der Waals surface area contributed by atoms with E-state index in [1.54, 1.807) is 18.7 Å². The van der Waals surface area contributed by atoms with E-state index in [2.05, 4.69) is 37.5 Å². The Morgan fingerprint density at radius 2 is 1.56 bits per heavy atom. The number of carbonyl (C=O) groups excluding carboxylic acids is 1. The van der Waals surface area contributed by atoms with E-state index in [-0.39, 0.29) is 11.4 Å². The van der Waals surface area contributed by atoms with Crippen molar-refractivity contribution in [2.45, 2.75) is 45.8 Å². The third-order valence-corrected chi connectivity index (χ3v) is 2.99. The van der Waals surface area contributed by atoms with Crippen LogP contribution in [0.3, 0.4) is 0 Å². The molecule has 0 aromatic carbocycles. The molecule has 1 saturated heterocycles. The molecule has 4 nitrogen and oxygen atoms in total. The van der Waals surface area contributed by atoms with Crippen molar-refractivity contribution in [3.05, 3.63) is 0 Å². The molecule has 1 heterocycles. The predicted octanol–water partition coefficient (Wildman–Crippen LogP) is 0.703. The molecule has 102 valence electrons. The van der Waals surface area contributed by atoms with Gasteiger partial charge in [-0.15, -0.1) is 0 Å². The van der Waals surface area contributed by atoms with Gasteiger partial charge in [-0.25, -0.2) is 0 Å². The van der Waals surface area contributed by atoms with Crippen LogP contribution < -0.4 is 0 Å². The summed E-state index contributed by atoms with van der Waals surface area (Å²) < 4.78 is 0. The van der Waals surface area contributed by atoms with Crippen molar-refractivity contribution in [1.82, 2.24) is 9.80 Å². The summed E-state index contributed by atoms with van der Waals surface area (Å²) in [6.45, 7) is 12.8. The van der Waals surface area contributed by atoms with Crippen molar-refractivity contribution in [2.24, 2.45) is 0 Å². The molecule has 0 saturated carbocycles. The molecule has 1 aliphatic heterocycles. The first-order valence-corrected chi connectivity index (χ1v) is 6.39. The second kappa shape index (κ2) is 5.29. The van der Waals surface area contributed by atoms with Crippen LogP contribution in [0.15, 0.2) is 0 Å². The van der Waals surface area contributed by atoms with Gasteiger partial charge in [0.2, 0.25) is 0 Å². The number of carbonyl (C=O) groups is 1. The van der Waals surface area contributed by atoms with Crippen LogP contribution in [0.2, 0.25) is 0 Å². The lowest BCUT2D eigenvalue weighted by atomic mass is 10.0. The smallest absolute Gasteiger partial charge is 0.298 e. The van der Waals surface area contributed by atoms with Crippen molar-refractivity contribution in [1.29, 1.82) is 0 Å². The van der Waals surface area contributed by atoms with Gasteiger partial charge in [-0.2, -0.15) is 0 Å². The van der Waals surface area contributed by atoms with E-state index >= 15 is 0 Å². The van der Waals surface area contributed by atoms with Gasteiger partial charge in [0.05, 0.1) is 0 Å². The maximum absolute atomic E-state index is 11.8. The Balaban J connectivity index is 2.53. The molecule has 0 spiro atoms. The van der Waals surface area contributed by atoms with Gasteiger partial charge >= 0.3 is 0 Å². The molecule has 0 atom stereocenters. The van der Waals surface area contributed by atoms with Gasteiger partial charge in [0.1, 0.15) is 5.60 Å². The van der Waals surface area contributed by atoms with E-state index in [4.69, 9.17) is 0 Å². The Kier molecular flexibility index (Phi) is 4.41. The molecule has 1 amide bonds. The van der Waals surface area contributed by atoms with Gasteiger partial charge in [-0.3, -0.25) is 9.69 Å². The minimum Gasteiger partial charge on any atom is -0.378 e. The van der Waals surface area contributed by atoms with E-state index < -0.39 is 5.60 Å². The highest BCUT2D eigenvalue weighted by molar-refractivity contribution is 5.93. The Hall–Kier alpha value is -1.05. The summed E-state index contributed by atoms with van der Waals surface area (Å²) in [7, 11) is 0. The highest BCUT2D eigenvalue weighted by atomic mass is 16.3. The largest absolute Gasteiger partial charge is 0.378 e. The molecule has 1 rings (SSSR count). The molecule has 4 heteroatoms. The zero-order valence-corrected chi connectivity index (χ0v) is 12.1. The highest BCUT2D eigenvalue weighted by Gasteiger charge is 2.27. The van der Waals surface area contributed by atoms with Crippen LogP contribution in [0.4, 0.5) is 0 Å². The van der Waals surface area contributed by atoms with Crippen LogP contribution in [0.1, 0.15) is 34.6 Å². The summed E-state index contributed by atoms with van der Waals surface area (Å²) >= 11 is 0. The number of hydrogen-bond donors (Lipinski definition) is 1. The second-order valence-corrected chi connectivity index (χ2v) is 6.26. The Labute approximate surface area is 110 Å². The van der Waals surface area contributed by atoms with E-state index in [0.717, 1.165) is 13.1 Å². The summed E-state index contributed by atoms with van der Waals surface area (Å²) in [4.78, 5) is 15.9. The molecular weight excluding hydrogens is 228 g/mol. The third-order valence-electron chi connectivity index (χ3n) is 2.99. The van der Waals surface area contributed by atoms with E-state index in [9.17, 15) is 9.90 Å². The first-order valence-electron chi connectivity index (χ1n) is 6.39. The van der Waals surface area contributed by atoms with Crippen LogP contribution in [0.5, 0.6) is 0 Å².